The SMILES string of the molecule is Cc1cn(CCNC(=O)Cc2ccc(F)cc2)c2cc(-c3noc(C(F)(F)F)n3)ccc12. The lowest BCUT2D eigenvalue weighted by molar-refractivity contribution is -0.159. The summed E-state index contributed by atoms with van der Waals surface area (Å²) in [5, 5.41) is 7.17. The number of aryl methyl sites for hydroxylation is 1. The summed E-state index contributed by atoms with van der Waals surface area (Å²) in [6.45, 7) is 2.71. The standard InChI is InChI=1S/C22H18F4N4O2/c1-13-12-30(9-8-27-19(31)10-14-2-5-16(23)6-3-14)18-11-15(4-7-17(13)18)20-28-21(32-29-20)22(24,25)26/h2-7,11-12H,8-10H2,1H3,(H,27,31). The molecule has 1 amide bonds. The van der Waals surface area contributed by atoms with Gasteiger partial charge in [0.05, 0.1) is 6.42 Å². The molecule has 10 heteroatoms. The van der Waals surface area contributed by atoms with Gasteiger partial charge in [0.1, 0.15) is 5.82 Å². The Morgan fingerprint density at radius 1 is 1.16 bits per heavy atom. The zero-order chi connectivity index (χ0) is 22.9. The molecule has 0 spiro atoms. The normalized spacial score (nSPS) is 11.8. The average Bonchev–Trinajstić information content (AvgIpc) is 3.35. The van der Waals surface area contributed by atoms with Crippen molar-refractivity contribution in [3.8, 4) is 11.4 Å². The highest BCUT2D eigenvalue weighted by atomic mass is 19.4. The van der Waals surface area contributed by atoms with E-state index in [0.717, 1.165) is 16.5 Å². The van der Waals surface area contributed by atoms with Crippen LogP contribution in [0.5, 0.6) is 0 Å². The predicted molar refractivity (Wildman–Crippen MR) is 108 cm³/mol. The number of nitrogens with zero attached hydrogens (tertiary/aromatic N) is 3. The Kier molecular flexibility index (Phi) is 5.68. The highest BCUT2D eigenvalue weighted by Crippen LogP contribution is 2.31. The molecular formula is C22H18F4N4O2. The number of aromatic nitrogens is 3. The van der Waals surface area contributed by atoms with Gasteiger partial charge in [0.25, 0.3) is 0 Å². The van der Waals surface area contributed by atoms with Crippen LogP contribution in [0.25, 0.3) is 22.3 Å². The van der Waals surface area contributed by atoms with Crippen molar-refractivity contribution < 1.29 is 26.9 Å². The second kappa shape index (κ2) is 8.45. The number of rotatable bonds is 6. The second-order valence-corrected chi connectivity index (χ2v) is 7.31. The number of carbonyl (C=O) groups is 1. The summed E-state index contributed by atoms with van der Waals surface area (Å²) in [5.41, 5.74) is 2.84. The van der Waals surface area contributed by atoms with Crippen LogP contribution in [0.1, 0.15) is 17.0 Å². The Morgan fingerprint density at radius 2 is 1.91 bits per heavy atom. The van der Waals surface area contributed by atoms with Crippen LogP contribution in [0.15, 0.2) is 53.2 Å². The van der Waals surface area contributed by atoms with Crippen LogP contribution in [0.3, 0.4) is 0 Å². The molecule has 0 aliphatic heterocycles. The van der Waals surface area contributed by atoms with Gasteiger partial charge in [-0.1, -0.05) is 29.4 Å². The van der Waals surface area contributed by atoms with Gasteiger partial charge in [0.15, 0.2) is 0 Å². The molecule has 32 heavy (non-hydrogen) atoms. The van der Waals surface area contributed by atoms with E-state index < -0.39 is 12.1 Å². The van der Waals surface area contributed by atoms with E-state index in [1.54, 1.807) is 30.3 Å². The van der Waals surface area contributed by atoms with Crippen molar-refractivity contribution in [2.24, 2.45) is 0 Å². The van der Waals surface area contributed by atoms with Gasteiger partial charge in [0, 0.05) is 35.8 Å². The first-order chi connectivity index (χ1) is 15.2. The van der Waals surface area contributed by atoms with E-state index in [0.29, 0.717) is 24.2 Å². The first-order valence-corrected chi connectivity index (χ1v) is 9.72. The van der Waals surface area contributed by atoms with E-state index in [1.165, 1.54) is 12.1 Å². The van der Waals surface area contributed by atoms with E-state index in [4.69, 9.17) is 0 Å². The summed E-state index contributed by atoms with van der Waals surface area (Å²) in [7, 11) is 0. The predicted octanol–water partition coefficient (Wildman–Crippen LogP) is 4.52. The number of hydrogen-bond donors (Lipinski definition) is 1. The van der Waals surface area contributed by atoms with Gasteiger partial charge < -0.3 is 14.4 Å². The third-order valence-corrected chi connectivity index (χ3v) is 4.96. The molecule has 0 radical (unpaired) electrons. The highest BCUT2D eigenvalue weighted by molar-refractivity contribution is 5.87. The molecular weight excluding hydrogens is 428 g/mol. The molecule has 2 aromatic carbocycles. The van der Waals surface area contributed by atoms with Crippen LogP contribution in [0, 0.1) is 12.7 Å². The Morgan fingerprint density at radius 3 is 2.59 bits per heavy atom. The lowest BCUT2D eigenvalue weighted by Crippen LogP contribution is -2.28. The topological polar surface area (TPSA) is 73.0 Å². The molecule has 0 saturated heterocycles. The van der Waals surface area contributed by atoms with E-state index >= 15 is 0 Å². The molecule has 4 aromatic rings. The van der Waals surface area contributed by atoms with Crippen LogP contribution in [-0.4, -0.2) is 27.2 Å². The Labute approximate surface area is 179 Å². The quantitative estimate of drug-likeness (QED) is 0.442. The van der Waals surface area contributed by atoms with Crippen molar-refractivity contribution in [2.45, 2.75) is 26.1 Å². The van der Waals surface area contributed by atoms with E-state index in [9.17, 15) is 22.4 Å². The summed E-state index contributed by atoms with van der Waals surface area (Å²) in [5.74, 6) is -2.11. The number of fused-ring (bicyclic) bond motifs is 1. The minimum absolute atomic E-state index is 0.134. The number of benzene rings is 2. The first kappa shape index (κ1) is 21.5. The Bertz CT molecular complexity index is 1260. The average molecular weight is 446 g/mol. The van der Waals surface area contributed by atoms with Crippen LogP contribution in [-0.2, 0) is 23.9 Å². The minimum Gasteiger partial charge on any atom is -0.354 e. The van der Waals surface area contributed by atoms with Crippen molar-refractivity contribution >= 4 is 16.8 Å². The van der Waals surface area contributed by atoms with Crippen molar-refractivity contribution in [3.63, 3.8) is 0 Å². The van der Waals surface area contributed by atoms with Crippen molar-refractivity contribution in [1.82, 2.24) is 20.0 Å². The van der Waals surface area contributed by atoms with Crippen molar-refractivity contribution in [2.75, 3.05) is 6.54 Å². The van der Waals surface area contributed by atoms with Crippen LogP contribution in [0.2, 0.25) is 0 Å². The smallest absolute Gasteiger partial charge is 0.354 e. The molecule has 2 heterocycles. The van der Waals surface area contributed by atoms with Crippen molar-refractivity contribution in [1.29, 1.82) is 0 Å². The molecule has 6 nitrogen and oxygen atoms in total. The molecule has 0 aliphatic rings. The zero-order valence-corrected chi connectivity index (χ0v) is 16.9. The Balaban J connectivity index is 1.46. The lowest BCUT2D eigenvalue weighted by Gasteiger charge is -2.08. The number of hydrogen-bond acceptors (Lipinski definition) is 4. The Hall–Kier alpha value is -3.69. The van der Waals surface area contributed by atoms with E-state index in [2.05, 4.69) is 20.0 Å². The number of halogens is 4. The fraction of sp³-hybridized carbons (Fsp3) is 0.227. The number of nitrogens with one attached hydrogen (secondary N) is 1. The fourth-order valence-electron chi connectivity index (χ4n) is 3.42. The molecule has 0 atom stereocenters. The minimum atomic E-state index is -4.71. The summed E-state index contributed by atoms with van der Waals surface area (Å²) >= 11 is 0. The summed E-state index contributed by atoms with van der Waals surface area (Å²) in [6.07, 6.45) is -2.68. The summed E-state index contributed by atoms with van der Waals surface area (Å²) in [4.78, 5) is 15.6. The number of alkyl halides is 3. The molecule has 0 unspecified atom stereocenters. The van der Waals surface area contributed by atoms with Gasteiger partial charge in [-0.25, -0.2) is 4.39 Å². The van der Waals surface area contributed by atoms with Crippen LogP contribution in [0.4, 0.5) is 17.6 Å². The molecule has 1 N–H and O–H groups in total. The molecule has 0 bridgehead atoms. The van der Waals surface area contributed by atoms with Gasteiger partial charge in [-0.3, -0.25) is 4.79 Å². The van der Waals surface area contributed by atoms with Crippen LogP contribution >= 0.6 is 0 Å². The zero-order valence-electron chi connectivity index (χ0n) is 16.9. The molecule has 0 saturated carbocycles. The third kappa shape index (κ3) is 4.63. The van der Waals surface area contributed by atoms with Crippen LogP contribution < -0.4 is 5.32 Å². The van der Waals surface area contributed by atoms with E-state index in [1.807, 2.05) is 17.7 Å². The maximum absolute atomic E-state index is 13.0. The van der Waals surface area contributed by atoms with Crippen molar-refractivity contribution in [3.05, 3.63) is 71.5 Å². The molecule has 166 valence electrons. The van der Waals surface area contributed by atoms with Gasteiger partial charge in [-0.15, -0.1) is 0 Å². The second-order valence-electron chi connectivity index (χ2n) is 7.31. The third-order valence-electron chi connectivity index (χ3n) is 4.96. The monoisotopic (exact) mass is 446 g/mol. The summed E-state index contributed by atoms with van der Waals surface area (Å²) < 4.78 is 57.4. The number of carbonyl (C=O) groups excluding carboxylic acids is 1. The van der Waals surface area contributed by atoms with Gasteiger partial charge in [-0.05, 0) is 36.2 Å². The number of amides is 1. The molecule has 0 aliphatic carbocycles. The molecule has 2 aromatic heterocycles. The van der Waals surface area contributed by atoms with Gasteiger partial charge >= 0.3 is 12.1 Å². The largest absolute Gasteiger partial charge is 0.471 e. The maximum Gasteiger partial charge on any atom is 0.471 e. The highest BCUT2D eigenvalue weighted by Gasteiger charge is 2.38. The molecule has 4 rings (SSSR count). The fourth-order valence-corrected chi connectivity index (χ4v) is 3.42. The van der Waals surface area contributed by atoms with Gasteiger partial charge in [0.2, 0.25) is 11.7 Å². The van der Waals surface area contributed by atoms with Gasteiger partial charge in [-0.2, -0.15) is 18.2 Å². The lowest BCUT2D eigenvalue weighted by atomic mass is 10.1. The maximum atomic E-state index is 13.0. The summed E-state index contributed by atoms with van der Waals surface area (Å²) in [6, 6.07) is 10.8. The molecule has 0 fully saturated rings. The first-order valence-electron chi connectivity index (χ1n) is 9.72. The van der Waals surface area contributed by atoms with E-state index in [-0.39, 0.29) is 24.0 Å².